The summed E-state index contributed by atoms with van der Waals surface area (Å²) >= 11 is 1.71. The zero-order valence-electron chi connectivity index (χ0n) is 9.85. The van der Waals surface area contributed by atoms with E-state index in [0.717, 1.165) is 17.7 Å². The van der Waals surface area contributed by atoms with E-state index in [9.17, 15) is 8.42 Å². The Labute approximate surface area is 107 Å². The first-order chi connectivity index (χ1) is 8.03. The predicted octanol–water partition coefficient (Wildman–Crippen LogP) is 1.44. The van der Waals surface area contributed by atoms with Gasteiger partial charge in [-0.25, -0.2) is 13.1 Å². The molecular formula is C11H18N2O2S2. The second-order valence-corrected chi connectivity index (χ2v) is 6.53. The van der Waals surface area contributed by atoms with Crippen LogP contribution in [0, 0.1) is 0 Å². The van der Waals surface area contributed by atoms with Crippen LogP contribution in [0.3, 0.4) is 0 Å². The van der Waals surface area contributed by atoms with Gasteiger partial charge in [0.05, 0.1) is 5.75 Å². The van der Waals surface area contributed by atoms with E-state index in [1.807, 2.05) is 6.26 Å². The van der Waals surface area contributed by atoms with Crippen LogP contribution in [0.2, 0.25) is 0 Å². The van der Waals surface area contributed by atoms with E-state index in [4.69, 9.17) is 5.73 Å². The molecule has 0 bridgehead atoms. The van der Waals surface area contributed by atoms with Crippen LogP contribution in [0.25, 0.3) is 0 Å². The third-order valence-electron chi connectivity index (χ3n) is 2.18. The SMILES string of the molecule is CSCCCNS(=O)(=O)Cc1ccc(N)cc1. The average molecular weight is 274 g/mol. The highest BCUT2D eigenvalue weighted by atomic mass is 32.2. The standard InChI is InChI=1S/C11H18N2O2S2/c1-16-8-2-7-13-17(14,15)9-10-3-5-11(12)6-4-10/h3-6,13H,2,7-9,12H2,1H3. The first-order valence-corrected chi connectivity index (χ1v) is 8.39. The van der Waals surface area contributed by atoms with Crippen LogP contribution >= 0.6 is 11.8 Å². The summed E-state index contributed by atoms with van der Waals surface area (Å²) in [5, 5.41) is 0. The molecule has 0 saturated heterocycles. The zero-order valence-corrected chi connectivity index (χ0v) is 11.5. The molecule has 0 spiro atoms. The predicted molar refractivity (Wildman–Crippen MR) is 74.5 cm³/mol. The molecule has 17 heavy (non-hydrogen) atoms. The van der Waals surface area contributed by atoms with Gasteiger partial charge in [-0.1, -0.05) is 12.1 Å². The minimum Gasteiger partial charge on any atom is -0.399 e. The molecule has 0 aliphatic rings. The van der Waals surface area contributed by atoms with E-state index >= 15 is 0 Å². The van der Waals surface area contributed by atoms with Crippen LogP contribution in [0.5, 0.6) is 0 Å². The van der Waals surface area contributed by atoms with Gasteiger partial charge < -0.3 is 5.73 Å². The van der Waals surface area contributed by atoms with E-state index in [-0.39, 0.29) is 5.75 Å². The molecule has 1 aromatic carbocycles. The summed E-state index contributed by atoms with van der Waals surface area (Å²) in [5.41, 5.74) is 6.92. The van der Waals surface area contributed by atoms with Crippen molar-refractivity contribution in [3.05, 3.63) is 29.8 Å². The summed E-state index contributed by atoms with van der Waals surface area (Å²) < 4.78 is 26.0. The first-order valence-electron chi connectivity index (χ1n) is 5.34. The quantitative estimate of drug-likeness (QED) is 0.583. The lowest BCUT2D eigenvalue weighted by atomic mass is 10.2. The minimum atomic E-state index is -3.23. The molecule has 1 aromatic rings. The van der Waals surface area contributed by atoms with Crippen molar-refractivity contribution in [2.75, 3.05) is 24.3 Å². The fourth-order valence-electron chi connectivity index (χ4n) is 1.33. The second kappa shape index (κ2) is 6.88. The number of nitrogen functional groups attached to an aromatic ring is 1. The minimum absolute atomic E-state index is 0.00650. The van der Waals surface area contributed by atoms with E-state index in [1.54, 1.807) is 36.0 Å². The second-order valence-electron chi connectivity index (χ2n) is 3.74. The van der Waals surface area contributed by atoms with Crippen molar-refractivity contribution >= 4 is 27.5 Å². The maximum atomic E-state index is 11.7. The Balaban J connectivity index is 2.46. The Morgan fingerprint density at radius 2 is 1.94 bits per heavy atom. The monoisotopic (exact) mass is 274 g/mol. The number of nitrogens with one attached hydrogen (secondary N) is 1. The molecule has 4 nitrogen and oxygen atoms in total. The average Bonchev–Trinajstić information content (AvgIpc) is 2.27. The van der Waals surface area contributed by atoms with E-state index < -0.39 is 10.0 Å². The van der Waals surface area contributed by atoms with Crippen molar-refractivity contribution < 1.29 is 8.42 Å². The molecule has 0 atom stereocenters. The lowest BCUT2D eigenvalue weighted by Gasteiger charge is -2.06. The Morgan fingerprint density at radius 1 is 1.29 bits per heavy atom. The Kier molecular flexibility index (Phi) is 5.80. The maximum Gasteiger partial charge on any atom is 0.215 e. The van der Waals surface area contributed by atoms with Gasteiger partial charge in [0.25, 0.3) is 0 Å². The lowest BCUT2D eigenvalue weighted by Crippen LogP contribution is -2.26. The lowest BCUT2D eigenvalue weighted by molar-refractivity contribution is 0.580. The molecule has 0 heterocycles. The highest BCUT2D eigenvalue weighted by Crippen LogP contribution is 2.08. The largest absolute Gasteiger partial charge is 0.399 e. The number of hydrogen-bond acceptors (Lipinski definition) is 4. The normalized spacial score (nSPS) is 11.6. The molecule has 0 unspecified atom stereocenters. The van der Waals surface area contributed by atoms with Crippen LogP contribution in [0.15, 0.2) is 24.3 Å². The third kappa shape index (κ3) is 5.95. The summed E-state index contributed by atoms with van der Waals surface area (Å²) in [6, 6.07) is 6.88. The molecule has 0 radical (unpaired) electrons. The van der Waals surface area contributed by atoms with E-state index in [1.165, 1.54) is 0 Å². The molecule has 0 saturated carbocycles. The van der Waals surface area contributed by atoms with Crippen molar-refractivity contribution in [1.29, 1.82) is 0 Å². The summed E-state index contributed by atoms with van der Waals surface area (Å²) in [7, 11) is -3.23. The molecule has 0 aliphatic carbocycles. The Hall–Kier alpha value is -0.720. The number of nitrogens with two attached hydrogens (primary N) is 1. The molecule has 0 fully saturated rings. The molecule has 96 valence electrons. The van der Waals surface area contributed by atoms with Gasteiger partial charge in [0.1, 0.15) is 0 Å². The van der Waals surface area contributed by atoms with Crippen molar-refractivity contribution in [3.63, 3.8) is 0 Å². The van der Waals surface area contributed by atoms with Gasteiger partial charge in [0.15, 0.2) is 0 Å². The highest BCUT2D eigenvalue weighted by Gasteiger charge is 2.10. The zero-order chi connectivity index (χ0) is 12.7. The Morgan fingerprint density at radius 3 is 2.53 bits per heavy atom. The number of rotatable bonds is 7. The number of hydrogen-bond donors (Lipinski definition) is 2. The number of thioether (sulfide) groups is 1. The third-order valence-corrected chi connectivity index (χ3v) is 4.24. The van der Waals surface area contributed by atoms with Crippen LogP contribution in [-0.2, 0) is 15.8 Å². The van der Waals surface area contributed by atoms with Crippen LogP contribution in [0.1, 0.15) is 12.0 Å². The van der Waals surface area contributed by atoms with Crippen LogP contribution < -0.4 is 10.5 Å². The van der Waals surface area contributed by atoms with Gasteiger partial charge in [-0.15, -0.1) is 0 Å². The molecule has 3 N–H and O–H groups in total. The number of sulfonamides is 1. The molecule has 6 heteroatoms. The molecule has 0 aliphatic heterocycles. The summed E-state index contributed by atoms with van der Waals surface area (Å²) in [5.74, 6) is 0.969. The van der Waals surface area contributed by atoms with Crippen LogP contribution in [-0.4, -0.2) is 27.0 Å². The first kappa shape index (κ1) is 14.3. The maximum absolute atomic E-state index is 11.7. The molecule has 0 amide bonds. The van der Waals surface area contributed by atoms with Gasteiger partial charge in [0, 0.05) is 12.2 Å². The van der Waals surface area contributed by atoms with Crippen molar-refractivity contribution in [3.8, 4) is 0 Å². The molecular weight excluding hydrogens is 256 g/mol. The van der Waals surface area contributed by atoms with E-state index in [0.29, 0.717) is 12.2 Å². The molecule has 0 aromatic heterocycles. The van der Waals surface area contributed by atoms with E-state index in [2.05, 4.69) is 4.72 Å². The van der Waals surface area contributed by atoms with Gasteiger partial charge in [-0.3, -0.25) is 0 Å². The van der Waals surface area contributed by atoms with Crippen LogP contribution in [0.4, 0.5) is 5.69 Å². The Bertz CT molecular complexity index is 429. The van der Waals surface area contributed by atoms with Crippen molar-refractivity contribution in [2.24, 2.45) is 0 Å². The van der Waals surface area contributed by atoms with Crippen molar-refractivity contribution in [1.82, 2.24) is 4.72 Å². The van der Waals surface area contributed by atoms with Gasteiger partial charge in [0.2, 0.25) is 10.0 Å². The fraction of sp³-hybridized carbons (Fsp3) is 0.455. The smallest absolute Gasteiger partial charge is 0.215 e. The van der Waals surface area contributed by atoms with Crippen molar-refractivity contribution in [2.45, 2.75) is 12.2 Å². The number of anilines is 1. The topological polar surface area (TPSA) is 72.2 Å². The van der Waals surface area contributed by atoms with Gasteiger partial charge in [-0.2, -0.15) is 11.8 Å². The molecule has 1 rings (SSSR count). The van der Waals surface area contributed by atoms with Gasteiger partial charge >= 0.3 is 0 Å². The fourth-order valence-corrected chi connectivity index (χ4v) is 2.95. The highest BCUT2D eigenvalue weighted by molar-refractivity contribution is 7.98. The van der Waals surface area contributed by atoms with Gasteiger partial charge in [-0.05, 0) is 36.1 Å². The summed E-state index contributed by atoms with van der Waals surface area (Å²) in [6.45, 7) is 0.498. The summed E-state index contributed by atoms with van der Waals surface area (Å²) in [6.07, 6.45) is 2.85. The number of benzene rings is 1. The summed E-state index contributed by atoms with van der Waals surface area (Å²) in [4.78, 5) is 0.